The van der Waals surface area contributed by atoms with Crippen molar-refractivity contribution in [3.63, 3.8) is 0 Å². The van der Waals surface area contributed by atoms with Gasteiger partial charge in [-0.1, -0.05) is 53.2 Å². The van der Waals surface area contributed by atoms with Crippen molar-refractivity contribution in [2.45, 2.75) is 13.5 Å². The molecule has 5 nitrogen and oxygen atoms in total. The number of hydrogen-bond acceptors (Lipinski definition) is 5. The van der Waals surface area contributed by atoms with Crippen LogP contribution in [0.25, 0.3) is 10.9 Å². The summed E-state index contributed by atoms with van der Waals surface area (Å²) in [7, 11) is 0. The SMILES string of the molecule is C/C(=N/OCc1ccc(Cl)cc1)c1ccc(Nc2ncnc3ccccc23)cc1. The minimum Gasteiger partial charge on any atom is -0.391 e. The molecule has 0 aliphatic rings. The maximum Gasteiger partial charge on any atom is 0.142 e. The Morgan fingerprint density at radius 2 is 1.72 bits per heavy atom. The molecule has 0 aliphatic carbocycles. The molecule has 0 bridgehead atoms. The Labute approximate surface area is 174 Å². The van der Waals surface area contributed by atoms with Gasteiger partial charge in [0.1, 0.15) is 18.8 Å². The molecular formula is C23H19ClN4O. The van der Waals surface area contributed by atoms with Crippen LogP contribution in [0.2, 0.25) is 5.02 Å². The third-order valence-electron chi connectivity index (χ3n) is 4.45. The van der Waals surface area contributed by atoms with Gasteiger partial charge < -0.3 is 10.2 Å². The van der Waals surface area contributed by atoms with Crippen LogP contribution < -0.4 is 5.32 Å². The molecule has 6 heteroatoms. The second-order valence-electron chi connectivity index (χ2n) is 6.52. The number of para-hydroxylation sites is 1. The summed E-state index contributed by atoms with van der Waals surface area (Å²) in [6.45, 7) is 2.32. The zero-order valence-corrected chi connectivity index (χ0v) is 16.6. The number of fused-ring (bicyclic) bond motifs is 1. The molecule has 0 saturated carbocycles. The summed E-state index contributed by atoms with van der Waals surface area (Å²) in [6, 6.07) is 23.4. The van der Waals surface area contributed by atoms with Crippen LogP contribution in [-0.4, -0.2) is 15.7 Å². The number of aromatic nitrogens is 2. The minimum atomic E-state index is 0.398. The van der Waals surface area contributed by atoms with Crippen LogP contribution in [0.1, 0.15) is 18.1 Å². The number of oxime groups is 1. The molecule has 0 atom stereocenters. The Hall–Kier alpha value is -3.44. The maximum absolute atomic E-state index is 5.89. The molecule has 4 rings (SSSR count). The monoisotopic (exact) mass is 402 g/mol. The first-order valence-corrected chi connectivity index (χ1v) is 9.55. The smallest absolute Gasteiger partial charge is 0.142 e. The lowest BCUT2D eigenvalue weighted by atomic mass is 10.1. The molecule has 4 aromatic rings. The average molecular weight is 403 g/mol. The van der Waals surface area contributed by atoms with Crippen molar-refractivity contribution in [2.75, 3.05) is 5.32 Å². The standard InChI is InChI=1S/C23H19ClN4O/c1-16(28-29-14-17-6-10-19(24)11-7-17)18-8-12-20(13-9-18)27-23-21-4-2-3-5-22(21)25-15-26-23/h2-13,15H,14H2,1H3,(H,25,26,27)/b28-16-. The fourth-order valence-electron chi connectivity index (χ4n) is 2.87. The molecular weight excluding hydrogens is 384 g/mol. The van der Waals surface area contributed by atoms with Crippen LogP contribution in [0, 0.1) is 0 Å². The maximum atomic E-state index is 5.89. The summed E-state index contributed by atoms with van der Waals surface area (Å²) in [5.74, 6) is 0.778. The fraction of sp³-hybridized carbons (Fsp3) is 0.0870. The molecule has 0 saturated heterocycles. The Bertz CT molecular complexity index is 1140. The van der Waals surface area contributed by atoms with E-state index in [-0.39, 0.29) is 0 Å². The first-order chi connectivity index (χ1) is 14.2. The van der Waals surface area contributed by atoms with E-state index in [0.29, 0.717) is 11.6 Å². The van der Waals surface area contributed by atoms with E-state index >= 15 is 0 Å². The highest BCUT2D eigenvalue weighted by Crippen LogP contribution is 2.23. The third-order valence-corrected chi connectivity index (χ3v) is 4.71. The van der Waals surface area contributed by atoms with Crippen molar-refractivity contribution in [2.24, 2.45) is 5.16 Å². The lowest BCUT2D eigenvalue weighted by Crippen LogP contribution is -1.99. The van der Waals surface area contributed by atoms with Gasteiger partial charge in [0, 0.05) is 16.1 Å². The molecule has 1 aromatic heterocycles. The van der Waals surface area contributed by atoms with Gasteiger partial charge in [-0.25, -0.2) is 9.97 Å². The van der Waals surface area contributed by atoms with Crippen molar-refractivity contribution in [1.82, 2.24) is 9.97 Å². The van der Waals surface area contributed by atoms with Gasteiger partial charge in [0.25, 0.3) is 0 Å². The van der Waals surface area contributed by atoms with Crippen LogP contribution in [0.4, 0.5) is 11.5 Å². The van der Waals surface area contributed by atoms with E-state index in [1.165, 1.54) is 0 Å². The summed E-state index contributed by atoms with van der Waals surface area (Å²) in [6.07, 6.45) is 1.56. The first kappa shape index (κ1) is 18.9. The fourth-order valence-corrected chi connectivity index (χ4v) is 3.00. The van der Waals surface area contributed by atoms with Gasteiger partial charge in [-0.3, -0.25) is 0 Å². The van der Waals surface area contributed by atoms with Gasteiger partial charge >= 0.3 is 0 Å². The summed E-state index contributed by atoms with van der Waals surface area (Å²) in [5, 5.41) is 9.24. The Kier molecular flexibility index (Phi) is 5.68. The number of anilines is 2. The highest BCUT2D eigenvalue weighted by atomic mass is 35.5. The zero-order valence-electron chi connectivity index (χ0n) is 15.8. The molecule has 0 unspecified atom stereocenters. The first-order valence-electron chi connectivity index (χ1n) is 9.17. The average Bonchev–Trinajstić information content (AvgIpc) is 2.76. The summed E-state index contributed by atoms with van der Waals surface area (Å²) in [4.78, 5) is 14.1. The van der Waals surface area contributed by atoms with Gasteiger partial charge in [0.2, 0.25) is 0 Å². The van der Waals surface area contributed by atoms with Crippen LogP contribution in [-0.2, 0) is 11.4 Å². The molecule has 0 aliphatic heterocycles. The van der Waals surface area contributed by atoms with Gasteiger partial charge in [0.05, 0.1) is 11.2 Å². The summed E-state index contributed by atoms with van der Waals surface area (Å²) in [5.41, 5.74) is 4.65. The zero-order chi connectivity index (χ0) is 20.1. The van der Waals surface area contributed by atoms with Crippen LogP contribution in [0.15, 0.2) is 84.3 Å². The number of rotatable bonds is 6. The lowest BCUT2D eigenvalue weighted by Gasteiger charge is -2.09. The highest BCUT2D eigenvalue weighted by Gasteiger charge is 2.04. The van der Waals surface area contributed by atoms with E-state index in [0.717, 1.165) is 39.2 Å². The number of nitrogens with zero attached hydrogens (tertiary/aromatic N) is 3. The number of hydrogen-bond donors (Lipinski definition) is 1. The van der Waals surface area contributed by atoms with Gasteiger partial charge in [-0.2, -0.15) is 0 Å². The third kappa shape index (κ3) is 4.70. The molecule has 29 heavy (non-hydrogen) atoms. The normalized spacial score (nSPS) is 11.4. The molecule has 144 valence electrons. The Morgan fingerprint density at radius 3 is 2.52 bits per heavy atom. The molecule has 0 fully saturated rings. The number of halogens is 1. The van der Waals surface area contributed by atoms with Crippen molar-refractivity contribution < 1.29 is 4.84 Å². The van der Waals surface area contributed by atoms with E-state index in [1.54, 1.807) is 6.33 Å². The highest BCUT2D eigenvalue weighted by molar-refractivity contribution is 6.30. The van der Waals surface area contributed by atoms with Crippen molar-refractivity contribution in [3.8, 4) is 0 Å². The minimum absolute atomic E-state index is 0.398. The second-order valence-corrected chi connectivity index (χ2v) is 6.95. The molecule has 1 N–H and O–H groups in total. The predicted molar refractivity (Wildman–Crippen MR) is 118 cm³/mol. The molecule has 3 aromatic carbocycles. The van der Waals surface area contributed by atoms with Gasteiger partial charge in [-0.15, -0.1) is 0 Å². The second kappa shape index (κ2) is 8.71. The van der Waals surface area contributed by atoms with Crippen molar-refractivity contribution in [3.05, 3.63) is 95.3 Å². The van der Waals surface area contributed by atoms with E-state index < -0.39 is 0 Å². The number of benzene rings is 3. The quantitative estimate of drug-likeness (QED) is 0.319. The van der Waals surface area contributed by atoms with Crippen molar-refractivity contribution in [1.29, 1.82) is 0 Å². The predicted octanol–water partition coefficient (Wildman–Crippen LogP) is 5.97. The summed E-state index contributed by atoms with van der Waals surface area (Å²) < 4.78 is 0. The molecule has 0 amide bonds. The van der Waals surface area contributed by atoms with Gasteiger partial charge in [-0.05, 0) is 54.4 Å². The topological polar surface area (TPSA) is 59.4 Å². The van der Waals surface area contributed by atoms with E-state index in [4.69, 9.17) is 16.4 Å². The molecule has 1 heterocycles. The Morgan fingerprint density at radius 1 is 0.966 bits per heavy atom. The van der Waals surface area contributed by atoms with E-state index in [2.05, 4.69) is 20.4 Å². The summed E-state index contributed by atoms with van der Waals surface area (Å²) >= 11 is 5.89. The van der Waals surface area contributed by atoms with Crippen LogP contribution in [0.5, 0.6) is 0 Å². The number of nitrogens with one attached hydrogen (secondary N) is 1. The molecule has 0 spiro atoms. The molecule has 0 radical (unpaired) electrons. The van der Waals surface area contributed by atoms with Crippen LogP contribution in [0.3, 0.4) is 0 Å². The van der Waals surface area contributed by atoms with Crippen LogP contribution >= 0.6 is 11.6 Å². The van der Waals surface area contributed by atoms with E-state index in [1.807, 2.05) is 79.7 Å². The largest absolute Gasteiger partial charge is 0.391 e. The lowest BCUT2D eigenvalue weighted by molar-refractivity contribution is 0.130. The Balaban J connectivity index is 1.42. The van der Waals surface area contributed by atoms with Crippen molar-refractivity contribution >= 4 is 39.7 Å². The van der Waals surface area contributed by atoms with Gasteiger partial charge in [0.15, 0.2) is 0 Å². The van der Waals surface area contributed by atoms with E-state index in [9.17, 15) is 0 Å².